The van der Waals surface area contributed by atoms with Gasteiger partial charge in [0.25, 0.3) is 0 Å². The number of hydrogen-bond donors (Lipinski definition) is 1. The van der Waals surface area contributed by atoms with Crippen LogP contribution in [0, 0.1) is 0 Å². The molecule has 0 radical (unpaired) electrons. The molecule has 0 heterocycles. The maximum Gasteiger partial charge on any atom is 0.119 e. The van der Waals surface area contributed by atoms with Crippen molar-refractivity contribution >= 4 is 0 Å². The summed E-state index contributed by atoms with van der Waals surface area (Å²) in [6.45, 7) is 5.24. The first kappa shape index (κ1) is 18.0. The largest absolute Gasteiger partial charge is 0.494 e. The lowest BCUT2D eigenvalue weighted by atomic mass is 10.0. The quantitative estimate of drug-likeness (QED) is 0.507. The Hall–Kier alpha value is -1.02. The van der Waals surface area contributed by atoms with E-state index in [1.165, 1.54) is 50.5 Å². The molecule has 0 fully saturated rings. The van der Waals surface area contributed by atoms with Crippen LogP contribution in [-0.2, 0) is 0 Å². The van der Waals surface area contributed by atoms with Gasteiger partial charge in [-0.25, -0.2) is 0 Å². The average Bonchev–Trinajstić information content (AvgIpc) is 2.51. The molecule has 120 valence electrons. The van der Waals surface area contributed by atoms with Crippen LogP contribution < -0.4 is 10.5 Å². The van der Waals surface area contributed by atoms with Gasteiger partial charge in [-0.3, -0.25) is 0 Å². The predicted molar refractivity (Wildman–Crippen MR) is 91.8 cm³/mol. The number of nitrogens with two attached hydrogens (primary N) is 1. The molecule has 1 rings (SSSR count). The topological polar surface area (TPSA) is 35.2 Å². The van der Waals surface area contributed by atoms with Crippen molar-refractivity contribution in [2.45, 2.75) is 77.7 Å². The van der Waals surface area contributed by atoms with Crippen molar-refractivity contribution in [3.63, 3.8) is 0 Å². The van der Waals surface area contributed by atoms with Gasteiger partial charge in [-0.05, 0) is 30.5 Å². The molecule has 0 saturated heterocycles. The molecule has 1 unspecified atom stereocenters. The van der Waals surface area contributed by atoms with Crippen molar-refractivity contribution in [1.82, 2.24) is 0 Å². The Morgan fingerprint density at radius 2 is 1.48 bits per heavy atom. The van der Waals surface area contributed by atoms with Gasteiger partial charge in [0, 0.05) is 6.04 Å². The summed E-state index contributed by atoms with van der Waals surface area (Å²) in [5.74, 6) is 0.957. The van der Waals surface area contributed by atoms with Gasteiger partial charge in [0.2, 0.25) is 0 Å². The Kier molecular flexibility index (Phi) is 9.98. The van der Waals surface area contributed by atoms with E-state index in [4.69, 9.17) is 10.5 Å². The molecule has 0 aliphatic rings. The fraction of sp³-hybridized carbons (Fsp3) is 0.684. The van der Waals surface area contributed by atoms with E-state index in [2.05, 4.69) is 26.0 Å². The van der Waals surface area contributed by atoms with Crippen molar-refractivity contribution in [2.24, 2.45) is 5.73 Å². The molecule has 1 atom stereocenters. The lowest BCUT2D eigenvalue weighted by Crippen LogP contribution is -2.10. The van der Waals surface area contributed by atoms with Gasteiger partial charge < -0.3 is 10.5 Å². The lowest BCUT2D eigenvalue weighted by Gasteiger charge is -2.13. The second kappa shape index (κ2) is 11.6. The third-order valence-corrected chi connectivity index (χ3v) is 3.94. The third-order valence-electron chi connectivity index (χ3n) is 3.94. The van der Waals surface area contributed by atoms with Gasteiger partial charge in [0.1, 0.15) is 5.75 Å². The molecular formula is C19H33NO. The van der Waals surface area contributed by atoms with Crippen LogP contribution in [0.25, 0.3) is 0 Å². The van der Waals surface area contributed by atoms with Gasteiger partial charge in [-0.15, -0.1) is 0 Å². The summed E-state index contributed by atoms with van der Waals surface area (Å²) in [5, 5.41) is 0. The van der Waals surface area contributed by atoms with Crippen LogP contribution in [0.5, 0.6) is 5.75 Å². The molecule has 0 aromatic heterocycles. The van der Waals surface area contributed by atoms with Gasteiger partial charge in [0.05, 0.1) is 6.61 Å². The van der Waals surface area contributed by atoms with E-state index in [9.17, 15) is 0 Å². The molecule has 2 N–H and O–H groups in total. The smallest absolute Gasteiger partial charge is 0.119 e. The van der Waals surface area contributed by atoms with E-state index < -0.39 is 0 Å². The second-order valence-electron chi connectivity index (χ2n) is 5.93. The zero-order valence-corrected chi connectivity index (χ0v) is 13.9. The SMILES string of the molecule is CCCCCCCCC(N)c1ccc(OCCCC)cc1. The van der Waals surface area contributed by atoms with E-state index in [-0.39, 0.29) is 6.04 Å². The average molecular weight is 291 g/mol. The summed E-state index contributed by atoms with van der Waals surface area (Å²) in [6, 6.07) is 8.49. The summed E-state index contributed by atoms with van der Waals surface area (Å²) >= 11 is 0. The number of unbranched alkanes of at least 4 members (excludes halogenated alkanes) is 6. The Morgan fingerprint density at radius 1 is 0.857 bits per heavy atom. The monoisotopic (exact) mass is 291 g/mol. The van der Waals surface area contributed by atoms with Crippen molar-refractivity contribution in [2.75, 3.05) is 6.61 Å². The van der Waals surface area contributed by atoms with Crippen LogP contribution in [-0.4, -0.2) is 6.61 Å². The van der Waals surface area contributed by atoms with E-state index in [1.54, 1.807) is 0 Å². The highest BCUT2D eigenvalue weighted by Crippen LogP contribution is 2.21. The standard InChI is InChI=1S/C19H33NO/c1-3-5-7-8-9-10-11-19(20)17-12-14-18(15-13-17)21-16-6-4-2/h12-15,19H,3-11,16,20H2,1-2H3. The highest BCUT2D eigenvalue weighted by molar-refractivity contribution is 5.29. The Morgan fingerprint density at radius 3 is 2.14 bits per heavy atom. The molecule has 2 nitrogen and oxygen atoms in total. The number of benzene rings is 1. The molecule has 0 aliphatic carbocycles. The lowest BCUT2D eigenvalue weighted by molar-refractivity contribution is 0.309. The second-order valence-corrected chi connectivity index (χ2v) is 5.93. The zero-order valence-electron chi connectivity index (χ0n) is 13.9. The molecule has 0 spiro atoms. The highest BCUT2D eigenvalue weighted by Gasteiger charge is 2.06. The summed E-state index contributed by atoms with van der Waals surface area (Å²) < 4.78 is 5.68. The Bertz CT molecular complexity index is 347. The van der Waals surface area contributed by atoms with E-state index in [0.717, 1.165) is 25.2 Å². The predicted octanol–water partition coefficient (Wildman–Crippen LogP) is 5.62. The summed E-state index contributed by atoms with van der Waals surface area (Å²) in [5.41, 5.74) is 7.49. The fourth-order valence-electron chi connectivity index (χ4n) is 2.46. The van der Waals surface area contributed by atoms with E-state index in [1.807, 2.05) is 12.1 Å². The number of hydrogen-bond acceptors (Lipinski definition) is 2. The number of ether oxygens (including phenoxy) is 1. The number of rotatable bonds is 12. The van der Waals surface area contributed by atoms with Gasteiger partial charge in [-0.2, -0.15) is 0 Å². The van der Waals surface area contributed by atoms with Crippen molar-refractivity contribution in [3.8, 4) is 5.75 Å². The minimum atomic E-state index is 0.167. The Balaban J connectivity index is 2.22. The maximum absolute atomic E-state index is 6.27. The molecule has 21 heavy (non-hydrogen) atoms. The molecule has 0 amide bonds. The van der Waals surface area contributed by atoms with Gasteiger partial charge in [0.15, 0.2) is 0 Å². The molecule has 2 heteroatoms. The fourth-order valence-corrected chi connectivity index (χ4v) is 2.46. The molecule has 0 saturated carbocycles. The third kappa shape index (κ3) is 8.11. The molecule has 0 bridgehead atoms. The normalized spacial score (nSPS) is 12.3. The Labute approximate surface area is 131 Å². The van der Waals surface area contributed by atoms with Crippen LogP contribution in [0.2, 0.25) is 0 Å². The minimum Gasteiger partial charge on any atom is -0.494 e. The van der Waals surface area contributed by atoms with Gasteiger partial charge in [-0.1, -0.05) is 70.9 Å². The van der Waals surface area contributed by atoms with Crippen LogP contribution in [0.15, 0.2) is 24.3 Å². The summed E-state index contributed by atoms with van der Waals surface area (Å²) in [6.07, 6.45) is 11.3. The van der Waals surface area contributed by atoms with Crippen LogP contribution in [0.1, 0.15) is 83.2 Å². The molecule has 1 aromatic rings. The summed E-state index contributed by atoms with van der Waals surface area (Å²) in [4.78, 5) is 0. The van der Waals surface area contributed by atoms with Crippen LogP contribution in [0.4, 0.5) is 0 Å². The van der Waals surface area contributed by atoms with E-state index >= 15 is 0 Å². The van der Waals surface area contributed by atoms with Crippen molar-refractivity contribution < 1.29 is 4.74 Å². The first-order valence-electron chi connectivity index (χ1n) is 8.76. The van der Waals surface area contributed by atoms with E-state index in [0.29, 0.717) is 0 Å². The van der Waals surface area contributed by atoms with Crippen LogP contribution >= 0.6 is 0 Å². The highest BCUT2D eigenvalue weighted by atomic mass is 16.5. The van der Waals surface area contributed by atoms with Crippen molar-refractivity contribution in [1.29, 1.82) is 0 Å². The first-order chi connectivity index (χ1) is 10.3. The van der Waals surface area contributed by atoms with Gasteiger partial charge >= 0.3 is 0 Å². The van der Waals surface area contributed by atoms with Crippen molar-refractivity contribution in [3.05, 3.63) is 29.8 Å². The first-order valence-corrected chi connectivity index (χ1v) is 8.76. The maximum atomic E-state index is 6.27. The minimum absolute atomic E-state index is 0.167. The molecule has 1 aromatic carbocycles. The molecular weight excluding hydrogens is 258 g/mol. The summed E-state index contributed by atoms with van der Waals surface area (Å²) in [7, 11) is 0. The van der Waals surface area contributed by atoms with Crippen LogP contribution in [0.3, 0.4) is 0 Å². The molecule has 0 aliphatic heterocycles. The zero-order chi connectivity index (χ0) is 15.3.